The Kier molecular flexibility index (Phi) is 28.3. The van der Waals surface area contributed by atoms with Crippen LogP contribution in [0.4, 0.5) is 0 Å². The first kappa shape index (κ1) is 43.0. The van der Waals surface area contributed by atoms with Gasteiger partial charge < -0.3 is 0 Å². The minimum atomic E-state index is -4.79. The molecule has 0 aromatic carbocycles. The molecule has 0 radical (unpaired) electrons. The molecule has 0 rings (SSSR count). The van der Waals surface area contributed by atoms with E-state index in [1.54, 1.807) is 0 Å². The molecule has 0 aliphatic rings. The van der Waals surface area contributed by atoms with Gasteiger partial charge in [-0.25, -0.2) is 10.1 Å². The molecule has 0 aromatic rings. The Balaban J connectivity index is 3.84. The van der Waals surface area contributed by atoms with Crippen molar-refractivity contribution in [2.45, 2.75) is 194 Å². The monoisotopic (exact) mass is 673 g/mol. The Labute approximate surface area is 267 Å². The number of hydrogen-bond donors (Lipinski definition) is 1. The molecule has 0 heterocycles. The van der Waals surface area contributed by atoms with Crippen LogP contribution in [0.3, 0.4) is 0 Å². The smallest absolute Gasteiger partial charge is 0.239 e. The molecule has 11 heteroatoms. The SMILES string of the molecule is CCCCCCCCCCCCCCCCS(=O)(=O)OP(N)(=O)OS(=O)(=O)CCCCCCCCCCCCCCCC. The minimum Gasteiger partial charge on any atom is -0.239 e. The lowest BCUT2D eigenvalue weighted by molar-refractivity contribution is 0.380. The quantitative estimate of drug-likeness (QED) is 0.0527. The van der Waals surface area contributed by atoms with Gasteiger partial charge in [0, 0.05) is 0 Å². The highest BCUT2D eigenvalue weighted by Gasteiger charge is 2.33. The summed E-state index contributed by atoms with van der Waals surface area (Å²) in [5.41, 5.74) is 5.34. The van der Waals surface area contributed by atoms with Crippen molar-refractivity contribution in [2.24, 2.45) is 5.50 Å². The maximum atomic E-state index is 12.3. The van der Waals surface area contributed by atoms with Crippen molar-refractivity contribution in [1.82, 2.24) is 0 Å². The summed E-state index contributed by atoms with van der Waals surface area (Å²) in [6, 6.07) is 0. The Morgan fingerprint density at radius 3 is 0.791 bits per heavy atom. The topological polar surface area (TPSA) is 130 Å². The van der Waals surface area contributed by atoms with Gasteiger partial charge in [-0.2, -0.15) is 24.8 Å². The zero-order valence-electron chi connectivity index (χ0n) is 27.9. The first-order valence-corrected chi connectivity index (χ1v) is 22.6. The summed E-state index contributed by atoms with van der Waals surface area (Å²) in [7, 11) is -13.3. The van der Waals surface area contributed by atoms with Gasteiger partial charge >= 0.3 is 7.75 Å². The van der Waals surface area contributed by atoms with E-state index in [-0.39, 0.29) is 11.5 Å². The van der Waals surface area contributed by atoms with Crippen LogP contribution in [0.15, 0.2) is 0 Å². The molecule has 0 aromatic heterocycles. The third-order valence-electron chi connectivity index (χ3n) is 7.93. The van der Waals surface area contributed by atoms with Crippen molar-refractivity contribution >= 4 is 28.0 Å². The second-order valence-corrected chi connectivity index (χ2v) is 17.7. The highest BCUT2D eigenvalue weighted by molar-refractivity contribution is 7.94. The van der Waals surface area contributed by atoms with Gasteiger partial charge in [-0.15, -0.1) is 0 Å². The Hall–Kier alpha value is 0.01000. The molecule has 2 N–H and O–H groups in total. The van der Waals surface area contributed by atoms with Gasteiger partial charge in [-0.05, 0) is 12.8 Å². The van der Waals surface area contributed by atoms with E-state index in [0.29, 0.717) is 25.7 Å². The summed E-state index contributed by atoms with van der Waals surface area (Å²) in [4.78, 5) is 0. The van der Waals surface area contributed by atoms with Gasteiger partial charge in [-0.3, -0.25) is 0 Å². The predicted octanol–water partition coefficient (Wildman–Crippen LogP) is 10.7. The first-order valence-electron chi connectivity index (χ1n) is 17.8. The van der Waals surface area contributed by atoms with Crippen LogP contribution < -0.4 is 5.50 Å². The molecule has 0 saturated heterocycles. The molecule has 0 bridgehead atoms. The highest BCUT2D eigenvalue weighted by atomic mass is 32.2. The third kappa shape index (κ3) is 31.8. The fourth-order valence-corrected chi connectivity index (χ4v) is 9.92. The van der Waals surface area contributed by atoms with Gasteiger partial charge in [0.1, 0.15) is 0 Å². The van der Waals surface area contributed by atoms with E-state index in [0.717, 1.165) is 38.5 Å². The Morgan fingerprint density at radius 2 is 0.581 bits per heavy atom. The summed E-state index contributed by atoms with van der Waals surface area (Å²) in [6.07, 6.45) is 31.7. The highest BCUT2D eigenvalue weighted by Crippen LogP contribution is 2.43. The zero-order chi connectivity index (χ0) is 32.1. The normalized spacial score (nSPS) is 12.7. The maximum Gasteiger partial charge on any atom is 0.432 e. The fourth-order valence-electron chi connectivity index (χ4n) is 5.35. The summed E-state index contributed by atoms with van der Waals surface area (Å²) < 4.78 is 70.1. The van der Waals surface area contributed by atoms with E-state index >= 15 is 0 Å². The molecule has 0 spiro atoms. The largest absolute Gasteiger partial charge is 0.432 e. The van der Waals surface area contributed by atoms with Crippen LogP contribution >= 0.6 is 7.75 Å². The van der Waals surface area contributed by atoms with Crippen molar-refractivity contribution in [3.8, 4) is 0 Å². The van der Waals surface area contributed by atoms with Crippen LogP contribution in [-0.2, 0) is 32.7 Å². The van der Waals surface area contributed by atoms with Crippen molar-refractivity contribution in [3.05, 3.63) is 0 Å². The zero-order valence-corrected chi connectivity index (χ0v) is 30.4. The maximum absolute atomic E-state index is 12.3. The number of hydrogen-bond acceptors (Lipinski definition) is 7. The van der Waals surface area contributed by atoms with Crippen LogP contribution in [0.25, 0.3) is 0 Å². The van der Waals surface area contributed by atoms with E-state index in [9.17, 15) is 21.4 Å². The van der Waals surface area contributed by atoms with Crippen LogP contribution in [-0.4, -0.2) is 28.3 Å². The van der Waals surface area contributed by atoms with Crippen molar-refractivity contribution in [2.75, 3.05) is 11.5 Å². The van der Waals surface area contributed by atoms with Crippen molar-refractivity contribution < 1.29 is 29.3 Å². The van der Waals surface area contributed by atoms with E-state index in [4.69, 9.17) is 5.50 Å². The van der Waals surface area contributed by atoms with E-state index < -0.39 is 28.0 Å². The molecule has 0 atom stereocenters. The van der Waals surface area contributed by atoms with Crippen molar-refractivity contribution in [1.29, 1.82) is 0 Å². The average Bonchev–Trinajstić information content (AvgIpc) is 2.92. The summed E-state index contributed by atoms with van der Waals surface area (Å²) in [5, 5.41) is 0. The molecule has 0 aliphatic heterocycles. The van der Waals surface area contributed by atoms with Gasteiger partial charge in [0.15, 0.2) is 0 Å². The Morgan fingerprint density at radius 1 is 0.395 bits per heavy atom. The van der Waals surface area contributed by atoms with Gasteiger partial charge in [-0.1, -0.05) is 181 Å². The van der Waals surface area contributed by atoms with Crippen LogP contribution in [0.5, 0.6) is 0 Å². The molecule has 43 heavy (non-hydrogen) atoms. The van der Waals surface area contributed by atoms with Crippen LogP contribution in [0.2, 0.25) is 0 Å². The number of nitrogens with two attached hydrogens (primary N) is 1. The molecule has 0 amide bonds. The van der Waals surface area contributed by atoms with Crippen molar-refractivity contribution in [3.63, 3.8) is 0 Å². The molecule has 260 valence electrons. The second-order valence-electron chi connectivity index (χ2n) is 12.4. The number of rotatable bonds is 34. The summed E-state index contributed by atoms with van der Waals surface area (Å²) in [6.45, 7) is 4.47. The molecule has 8 nitrogen and oxygen atoms in total. The number of unbranched alkanes of at least 4 members (excludes halogenated alkanes) is 26. The van der Waals surface area contributed by atoms with E-state index in [1.807, 2.05) is 0 Å². The minimum absolute atomic E-state index is 0.339. The Bertz CT molecular complexity index is 814. The molecule has 0 saturated carbocycles. The summed E-state index contributed by atoms with van der Waals surface area (Å²) in [5.74, 6) is -0.733. The predicted molar refractivity (Wildman–Crippen MR) is 182 cm³/mol. The van der Waals surface area contributed by atoms with Crippen LogP contribution in [0.1, 0.15) is 194 Å². The molecular weight excluding hydrogens is 605 g/mol. The fraction of sp³-hybridized carbons (Fsp3) is 1.00. The lowest BCUT2D eigenvalue weighted by atomic mass is 10.0. The third-order valence-corrected chi connectivity index (χ3v) is 13.0. The second kappa shape index (κ2) is 28.3. The molecular formula is C32H68NO7PS2. The first-order chi connectivity index (χ1) is 20.5. The van der Waals surface area contributed by atoms with Gasteiger partial charge in [0.05, 0.1) is 11.5 Å². The lowest BCUT2D eigenvalue weighted by Gasteiger charge is -2.13. The lowest BCUT2D eigenvalue weighted by Crippen LogP contribution is -2.18. The van der Waals surface area contributed by atoms with Gasteiger partial charge in [0.25, 0.3) is 20.2 Å². The summed E-state index contributed by atoms with van der Waals surface area (Å²) >= 11 is 0. The van der Waals surface area contributed by atoms with Gasteiger partial charge in [0.2, 0.25) is 0 Å². The average molecular weight is 674 g/mol. The molecule has 0 fully saturated rings. The van der Waals surface area contributed by atoms with E-state index in [2.05, 4.69) is 21.8 Å². The van der Waals surface area contributed by atoms with Crippen LogP contribution in [0, 0.1) is 0 Å². The molecule has 0 aliphatic carbocycles. The standard InChI is InChI=1S/C32H68NO7PS2/c1-3-5-7-9-11-13-15-17-19-21-23-25-27-29-31-42(35,36)39-41(33,34)40-43(37,38)32-30-28-26-24-22-20-18-16-14-12-10-8-6-4-2/h3-32H2,1-2H3,(H2,33,34). The molecule has 0 unspecified atom stereocenters. The van der Waals surface area contributed by atoms with E-state index in [1.165, 1.54) is 116 Å².